The molecule has 1 saturated heterocycles. The summed E-state index contributed by atoms with van der Waals surface area (Å²) in [5.41, 5.74) is 1.05. The molecule has 1 saturated carbocycles. The molecule has 4 atom stereocenters. The van der Waals surface area contributed by atoms with Crippen LogP contribution in [0.5, 0.6) is 0 Å². The number of Topliss-reactive ketones (excluding diaryl/α,β-unsaturated/α-hetero) is 1. The minimum absolute atomic E-state index is 0.131. The normalized spacial score (nSPS) is 20.8. The van der Waals surface area contributed by atoms with E-state index in [1.807, 2.05) is 0 Å². The number of halogens is 3. The van der Waals surface area contributed by atoms with Crippen LogP contribution in [-0.2, 0) is 34.2 Å². The highest BCUT2D eigenvalue weighted by Crippen LogP contribution is 2.45. The van der Waals surface area contributed by atoms with Gasteiger partial charge in [-0.15, -0.1) is 0 Å². The molecule has 14 heteroatoms. The maximum Gasteiger partial charge on any atom is 0.253 e. The number of nitrogens with zero attached hydrogens (tertiary/aromatic N) is 2. The first-order valence-corrected chi connectivity index (χ1v) is 20.1. The molecule has 0 unspecified atom stereocenters. The third-order valence-corrected chi connectivity index (χ3v) is 13.8. The number of ketones is 1. The third kappa shape index (κ3) is 8.31. The smallest absolute Gasteiger partial charge is 0.253 e. The predicted octanol–water partition coefficient (Wildman–Crippen LogP) is 6.70. The molecule has 264 valence electrons. The minimum Gasteiger partial charge on any atom is -0.357 e. The van der Waals surface area contributed by atoms with Crippen molar-refractivity contribution in [3.8, 4) is 0 Å². The number of anilines is 1. The monoisotopic (exact) mass is 752 g/mol. The summed E-state index contributed by atoms with van der Waals surface area (Å²) in [7, 11) is -7.78. The number of sulfone groups is 1. The third-order valence-electron chi connectivity index (χ3n) is 8.92. The highest BCUT2D eigenvalue weighted by molar-refractivity contribution is 7.93. The van der Waals surface area contributed by atoms with E-state index in [2.05, 4.69) is 0 Å². The molecule has 0 radical (unpaired) electrons. The van der Waals surface area contributed by atoms with Crippen LogP contribution in [0.4, 0.5) is 10.1 Å². The van der Waals surface area contributed by atoms with Crippen LogP contribution in [0.15, 0.2) is 72.8 Å². The standard InChI is InChI=1S/C35H39Cl2FN2O7S2/c1-4-27(20-39(49(45,46)29-16-17-29)31-11-6-5-10-30(31)38)40-33(23-12-14-25(36)15-13-23)34(24-8-7-9-26(37)18-24)47-32(35(40)42)19-28(41)21-48(43,44)22(2)3/h5-15,18,22,27,29,32-34H,4,16-17,19-21H2,1-3H3/t27-,32+,33+,34+/m0/s1. The van der Waals surface area contributed by atoms with Gasteiger partial charge >= 0.3 is 0 Å². The second-order valence-corrected chi connectivity index (χ2v) is 18.3. The van der Waals surface area contributed by atoms with Crippen LogP contribution >= 0.6 is 23.2 Å². The summed E-state index contributed by atoms with van der Waals surface area (Å²) in [5.74, 6) is -2.81. The molecular formula is C35H39Cl2FN2O7S2. The first-order valence-electron chi connectivity index (χ1n) is 16.1. The molecule has 0 spiro atoms. The predicted molar refractivity (Wildman–Crippen MR) is 188 cm³/mol. The Hall–Kier alpha value is -3.03. The maximum atomic E-state index is 15.3. The number of sulfonamides is 1. The van der Waals surface area contributed by atoms with Crippen LogP contribution in [0.3, 0.4) is 0 Å². The molecule has 1 amide bonds. The van der Waals surface area contributed by atoms with Gasteiger partial charge in [0.05, 0.1) is 34.8 Å². The van der Waals surface area contributed by atoms with Gasteiger partial charge < -0.3 is 9.64 Å². The van der Waals surface area contributed by atoms with Crippen LogP contribution < -0.4 is 4.31 Å². The molecule has 2 aliphatic rings. The van der Waals surface area contributed by atoms with Crippen molar-refractivity contribution in [2.45, 2.75) is 81.2 Å². The lowest BCUT2D eigenvalue weighted by atomic mass is 9.89. The largest absolute Gasteiger partial charge is 0.357 e. The van der Waals surface area contributed by atoms with Crippen molar-refractivity contribution >= 4 is 60.4 Å². The zero-order valence-corrected chi connectivity index (χ0v) is 30.5. The molecule has 1 heterocycles. The van der Waals surface area contributed by atoms with Crippen molar-refractivity contribution in [2.75, 3.05) is 16.6 Å². The van der Waals surface area contributed by atoms with Gasteiger partial charge in [0.15, 0.2) is 15.6 Å². The van der Waals surface area contributed by atoms with E-state index in [9.17, 15) is 26.4 Å². The quantitative estimate of drug-likeness (QED) is 0.180. The second-order valence-electron chi connectivity index (χ2n) is 12.7. The molecular weight excluding hydrogens is 714 g/mol. The minimum atomic E-state index is -4.02. The fraction of sp³-hybridized carbons (Fsp3) is 0.429. The highest BCUT2D eigenvalue weighted by atomic mass is 35.5. The zero-order chi connectivity index (χ0) is 35.7. The van der Waals surface area contributed by atoms with E-state index in [-0.39, 0.29) is 18.7 Å². The number of benzene rings is 3. The Morgan fingerprint density at radius 2 is 1.63 bits per heavy atom. The topological polar surface area (TPSA) is 118 Å². The average molecular weight is 754 g/mol. The first kappa shape index (κ1) is 37.2. The number of ether oxygens (including phenoxy) is 1. The van der Waals surface area contributed by atoms with E-state index >= 15 is 4.39 Å². The molecule has 1 aliphatic heterocycles. The van der Waals surface area contributed by atoms with Crippen LogP contribution in [-0.4, -0.2) is 68.4 Å². The Bertz CT molecular complexity index is 1900. The summed E-state index contributed by atoms with van der Waals surface area (Å²) < 4.78 is 75.8. The molecule has 0 aromatic heterocycles. The van der Waals surface area contributed by atoms with Crippen LogP contribution in [0, 0.1) is 5.82 Å². The molecule has 5 rings (SSSR count). The summed E-state index contributed by atoms with van der Waals surface area (Å²) in [6.07, 6.45) is -1.74. The molecule has 0 N–H and O–H groups in total. The van der Waals surface area contributed by atoms with Crippen LogP contribution in [0.25, 0.3) is 0 Å². The zero-order valence-electron chi connectivity index (χ0n) is 27.3. The van der Waals surface area contributed by atoms with Gasteiger partial charge in [-0.2, -0.15) is 0 Å². The summed E-state index contributed by atoms with van der Waals surface area (Å²) >= 11 is 12.7. The van der Waals surface area contributed by atoms with E-state index < -0.39 is 84.3 Å². The number of amides is 1. The lowest BCUT2D eigenvalue weighted by molar-refractivity contribution is -0.180. The van der Waals surface area contributed by atoms with Gasteiger partial charge in [0.2, 0.25) is 10.0 Å². The fourth-order valence-corrected chi connectivity index (χ4v) is 9.16. The van der Waals surface area contributed by atoms with E-state index in [0.717, 1.165) is 4.31 Å². The van der Waals surface area contributed by atoms with Crippen molar-refractivity contribution in [3.63, 3.8) is 0 Å². The van der Waals surface area contributed by atoms with E-state index in [4.69, 9.17) is 27.9 Å². The molecule has 49 heavy (non-hydrogen) atoms. The molecule has 3 aromatic carbocycles. The summed E-state index contributed by atoms with van der Waals surface area (Å²) in [6, 6.07) is 17.5. The molecule has 9 nitrogen and oxygen atoms in total. The number of hydrogen-bond acceptors (Lipinski definition) is 7. The number of carbonyl (C=O) groups is 2. The van der Waals surface area contributed by atoms with Gasteiger partial charge in [0, 0.05) is 16.5 Å². The van der Waals surface area contributed by atoms with E-state index in [0.29, 0.717) is 34.0 Å². The summed E-state index contributed by atoms with van der Waals surface area (Å²) in [5, 5.41) is -0.639. The number of rotatable bonds is 14. The lowest BCUT2D eigenvalue weighted by Crippen LogP contribution is -2.58. The second kappa shape index (κ2) is 15.1. The first-order chi connectivity index (χ1) is 23.1. The Balaban J connectivity index is 1.64. The van der Waals surface area contributed by atoms with Crippen molar-refractivity contribution in [2.24, 2.45) is 0 Å². The van der Waals surface area contributed by atoms with Gasteiger partial charge in [0.1, 0.15) is 23.8 Å². The van der Waals surface area contributed by atoms with E-state index in [1.54, 1.807) is 61.5 Å². The number of carbonyl (C=O) groups excluding carboxylic acids is 2. The molecule has 3 aromatic rings. The van der Waals surface area contributed by atoms with Gasteiger partial charge in [-0.25, -0.2) is 21.2 Å². The van der Waals surface area contributed by atoms with E-state index in [1.165, 1.54) is 36.9 Å². The van der Waals surface area contributed by atoms with Gasteiger partial charge in [-0.05, 0) is 80.6 Å². The van der Waals surface area contributed by atoms with Crippen LogP contribution in [0.1, 0.15) is 69.7 Å². The van der Waals surface area contributed by atoms with Crippen molar-refractivity contribution < 1.29 is 35.6 Å². The average Bonchev–Trinajstić information content (AvgIpc) is 3.90. The molecule has 0 bridgehead atoms. The van der Waals surface area contributed by atoms with Gasteiger partial charge in [-0.3, -0.25) is 13.9 Å². The Kier molecular flexibility index (Phi) is 11.4. The maximum absolute atomic E-state index is 15.3. The Morgan fingerprint density at radius 3 is 2.22 bits per heavy atom. The summed E-state index contributed by atoms with van der Waals surface area (Å²) in [6.45, 7) is 4.46. The Morgan fingerprint density at radius 1 is 0.959 bits per heavy atom. The van der Waals surface area contributed by atoms with Crippen molar-refractivity contribution in [1.82, 2.24) is 4.90 Å². The van der Waals surface area contributed by atoms with Crippen molar-refractivity contribution in [3.05, 3.63) is 99.8 Å². The highest BCUT2D eigenvalue weighted by Gasteiger charge is 2.49. The van der Waals surface area contributed by atoms with Crippen molar-refractivity contribution in [1.29, 1.82) is 0 Å². The molecule has 1 aliphatic carbocycles. The van der Waals surface area contributed by atoms with Crippen LogP contribution in [0.2, 0.25) is 10.0 Å². The number of hydrogen-bond donors (Lipinski definition) is 0. The number of morpholine rings is 1. The fourth-order valence-electron chi connectivity index (χ4n) is 6.04. The SMILES string of the molecule is CC[C@@H](CN(c1ccccc1F)S(=O)(=O)C1CC1)N1C(=O)[C@@H](CC(=O)CS(=O)(=O)C(C)C)O[C@H](c2cccc(Cl)c2)[C@H]1c1ccc(Cl)cc1. The van der Waals surface area contributed by atoms with Gasteiger partial charge in [-0.1, -0.05) is 66.5 Å². The Labute approximate surface area is 297 Å². The molecule has 2 fully saturated rings. The van der Waals surface area contributed by atoms with Gasteiger partial charge in [0.25, 0.3) is 5.91 Å². The lowest BCUT2D eigenvalue weighted by Gasteiger charge is -2.49. The number of para-hydroxylation sites is 1. The summed E-state index contributed by atoms with van der Waals surface area (Å²) in [4.78, 5) is 29.4.